The Kier molecular flexibility index (Phi) is 10.2. The largest absolute Gasteiger partial charge is 0.453 e. The molecule has 0 fully saturated rings. The van der Waals surface area contributed by atoms with Crippen molar-refractivity contribution in [1.29, 1.82) is 0 Å². The van der Waals surface area contributed by atoms with Gasteiger partial charge in [0.05, 0.1) is 0 Å². The summed E-state index contributed by atoms with van der Waals surface area (Å²) in [6.07, 6.45) is -12.3. The summed E-state index contributed by atoms with van der Waals surface area (Å²) in [7, 11) is -3.59. The molecule has 0 spiro atoms. The molecule has 0 aromatic rings. The molecule has 0 N–H and O–H groups in total. The molecule has 0 aliphatic carbocycles. The quantitative estimate of drug-likeness (QED) is 0.271. The number of hydrogen-bond acceptors (Lipinski definition) is 0. The van der Waals surface area contributed by atoms with E-state index in [4.69, 9.17) is 0 Å². The second-order valence-electron chi connectivity index (χ2n) is 8.92. The molecule has 1 atom stereocenters. The van der Waals surface area contributed by atoms with E-state index in [2.05, 4.69) is 0 Å². The zero-order chi connectivity index (χ0) is 22.5. The molecular formula is C15H28F10Si2. The number of halogens is 10. The average Bonchev–Trinajstić information content (AvgIpc) is 2.39. The highest BCUT2D eigenvalue weighted by molar-refractivity contribution is 6.76. The van der Waals surface area contributed by atoms with Crippen molar-refractivity contribution in [2.45, 2.75) is 88.2 Å². The summed E-state index contributed by atoms with van der Waals surface area (Å²) in [5, 5.41) is 0. The van der Waals surface area contributed by atoms with Crippen LogP contribution in [-0.2, 0) is 0 Å². The van der Waals surface area contributed by atoms with Crippen molar-refractivity contribution < 1.29 is 43.9 Å². The molecule has 0 bridgehead atoms. The predicted molar refractivity (Wildman–Crippen MR) is 92.4 cm³/mol. The van der Waals surface area contributed by atoms with E-state index in [9.17, 15) is 43.9 Å². The highest BCUT2D eigenvalue weighted by Crippen LogP contribution is 2.40. The van der Waals surface area contributed by atoms with Crippen molar-refractivity contribution in [2.24, 2.45) is 0 Å². The van der Waals surface area contributed by atoms with Crippen LogP contribution in [0.1, 0.15) is 12.8 Å². The highest BCUT2D eigenvalue weighted by Gasteiger charge is 2.57. The Labute approximate surface area is 155 Å². The molecule has 0 aromatic carbocycles. The molecule has 0 aromatic heterocycles. The lowest BCUT2D eigenvalue weighted by atomic mass is 10.0. The summed E-state index contributed by atoms with van der Waals surface area (Å²) in [6, 6.07) is 0.117. The van der Waals surface area contributed by atoms with Gasteiger partial charge in [-0.05, 0) is 6.42 Å². The van der Waals surface area contributed by atoms with Crippen LogP contribution in [-0.4, -0.2) is 46.8 Å². The van der Waals surface area contributed by atoms with Gasteiger partial charge in [-0.2, -0.15) is 35.1 Å². The fourth-order valence-electron chi connectivity index (χ4n) is 1.53. The number of rotatable bonds is 7. The maximum Gasteiger partial charge on any atom is 0.453 e. The molecule has 0 amide bonds. The van der Waals surface area contributed by atoms with E-state index in [1.807, 2.05) is 19.6 Å². The number of alkyl halides is 10. The molecule has 0 radical (unpaired) electrons. The van der Waals surface area contributed by atoms with Crippen molar-refractivity contribution in [2.75, 3.05) is 6.67 Å². The zero-order valence-electron chi connectivity index (χ0n) is 16.3. The van der Waals surface area contributed by atoms with Gasteiger partial charge in [0, 0.05) is 22.6 Å². The Bertz CT molecular complexity index is 432. The molecule has 0 heterocycles. The molecule has 166 valence electrons. The third kappa shape index (κ3) is 12.0. The summed E-state index contributed by atoms with van der Waals surface area (Å²) < 4.78 is 121. The molecule has 0 aliphatic rings. The topological polar surface area (TPSA) is 0 Å². The van der Waals surface area contributed by atoms with Crippen LogP contribution in [0.15, 0.2) is 0 Å². The van der Waals surface area contributed by atoms with Crippen LogP contribution in [0.25, 0.3) is 0 Å². The molecule has 0 saturated heterocycles. The summed E-state index contributed by atoms with van der Waals surface area (Å²) in [6.45, 7) is 8.77. The summed E-state index contributed by atoms with van der Waals surface area (Å²) >= 11 is 0. The second-order valence-corrected chi connectivity index (χ2v) is 20.2. The van der Waals surface area contributed by atoms with Gasteiger partial charge in [0.25, 0.3) is 0 Å². The summed E-state index contributed by atoms with van der Waals surface area (Å²) in [5.74, 6) is -4.52. The van der Waals surface area contributed by atoms with Crippen molar-refractivity contribution in [3.63, 3.8) is 0 Å². The maximum absolute atomic E-state index is 13.1. The molecular weight excluding hydrogens is 426 g/mol. The Balaban J connectivity index is 0. The second kappa shape index (κ2) is 9.49. The van der Waals surface area contributed by atoms with Crippen molar-refractivity contribution in [3.05, 3.63) is 0 Å². The van der Waals surface area contributed by atoms with E-state index in [-0.39, 0.29) is 12.1 Å². The van der Waals surface area contributed by atoms with Gasteiger partial charge < -0.3 is 0 Å². The maximum atomic E-state index is 13.1. The fourth-order valence-corrected chi connectivity index (χ4v) is 3.74. The fraction of sp³-hybridized carbons (Fsp3) is 1.00. The third-order valence-corrected chi connectivity index (χ3v) is 7.09. The van der Waals surface area contributed by atoms with Crippen LogP contribution >= 0.6 is 0 Å². The minimum absolute atomic E-state index is 0.0144. The van der Waals surface area contributed by atoms with Gasteiger partial charge in [-0.15, -0.1) is 0 Å². The van der Waals surface area contributed by atoms with E-state index >= 15 is 0 Å². The third-order valence-electron chi connectivity index (χ3n) is 3.59. The Morgan fingerprint density at radius 1 is 0.556 bits per heavy atom. The van der Waals surface area contributed by atoms with Crippen molar-refractivity contribution in [3.8, 4) is 0 Å². The Morgan fingerprint density at radius 2 is 0.889 bits per heavy atom. The van der Waals surface area contributed by atoms with Crippen LogP contribution in [0.2, 0.25) is 51.4 Å². The summed E-state index contributed by atoms with van der Waals surface area (Å²) in [4.78, 5) is 0. The minimum atomic E-state index is -5.40. The lowest BCUT2D eigenvalue weighted by Crippen LogP contribution is -2.44. The highest BCUT2D eigenvalue weighted by atomic mass is 28.3. The van der Waals surface area contributed by atoms with Crippen LogP contribution in [0.5, 0.6) is 0 Å². The van der Waals surface area contributed by atoms with Gasteiger partial charge in [0.2, 0.25) is 5.67 Å². The SMILES string of the molecule is C[Si](C)(C)CCC(F)(CF)C(F)(F)F.C[Si](C)(C)CCC(F)(F)C(F)(F)F. The van der Waals surface area contributed by atoms with Crippen molar-refractivity contribution in [1.82, 2.24) is 0 Å². The van der Waals surface area contributed by atoms with Gasteiger partial charge in [-0.1, -0.05) is 51.4 Å². The smallest absolute Gasteiger partial charge is 0.247 e. The first-order valence-corrected chi connectivity index (χ1v) is 15.7. The van der Waals surface area contributed by atoms with Gasteiger partial charge in [-0.25, -0.2) is 8.78 Å². The standard InChI is InChI=1S/C8H15F5Si.C7H13F5Si/c1-14(2,3)5-4-7(10,6-9)8(11,12)13;1-13(2,3)5-4-6(8,9)7(10,11)12/h4-6H2,1-3H3;4-5H2,1-3H3. The van der Waals surface area contributed by atoms with Gasteiger partial charge in [0.15, 0.2) is 0 Å². The lowest BCUT2D eigenvalue weighted by Gasteiger charge is -2.27. The van der Waals surface area contributed by atoms with Gasteiger partial charge in [0.1, 0.15) is 6.67 Å². The number of hydrogen-bond donors (Lipinski definition) is 0. The molecule has 0 aliphatic heterocycles. The normalized spacial score (nSPS) is 16.4. The van der Waals surface area contributed by atoms with Crippen LogP contribution in [0, 0.1) is 0 Å². The lowest BCUT2D eigenvalue weighted by molar-refractivity contribution is -0.282. The van der Waals surface area contributed by atoms with Crippen LogP contribution in [0.4, 0.5) is 43.9 Å². The van der Waals surface area contributed by atoms with E-state index in [1.165, 1.54) is 0 Å². The predicted octanol–water partition coefficient (Wildman–Crippen LogP) is 7.87. The summed E-state index contributed by atoms with van der Waals surface area (Å²) in [5.41, 5.74) is -3.65. The van der Waals surface area contributed by atoms with Gasteiger partial charge >= 0.3 is 18.3 Å². The van der Waals surface area contributed by atoms with Crippen LogP contribution < -0.4 is 0 Å². The first-order chi connectivity index (χ1) is 11.5. The first kappa shape index (κ1) is 28.9. The van der Waals surface area contributed by atoms with E-state index in [0.717, 1.165) is 0 Å². The monoisotopic (exact) mass is 454 g/mol. The van der Waals surface area contributed by atoms with E-state index < -0.39 is 59.6 Å². The first-order valence-electron chi connectivity index (χ1n) is 8.24. The van der Waals surface area contributed by atoms with Crippen LogP contribution in [0.3, 0.4) is 0 Å². The zero-order valence-corrected chi connectivity index (χ0v) is 18.3. The van der Waals surface area contributed by atoms with Crippen molar-refractivity contribution >= 4 is 16.1 Å². The molecule has 27 heavy (non-hydrogen) atoms. The molecule has 0 saturated carbocycles. The average molecular weight is 455 g/mol. The molecule has 0 nitrogen and oxygen atoms in total. The molecule has 0 rings (SSSR count). The Hall–Kier alpha value is -0.266. The van der Waals surface area contributed by atoms with E-state index in [0.29, 0.717) is 0 Å². The van der Waals surface area contributed by atoms with E-state index in [1.54, 1.807) is 19.6 Å². The molecule has 12 heteroatoms. The van der Waals surface area contributed by atoms with Gasteiger partial charge in [-0.3, -0.25) is 0 Å². The Morgan fingerprint density at radius 3 is 1.11 bits per heavy atom. The molecule has 1 unspecified atom stereocenters. The minimum Gasteiger partial charge on any atom is -0.247 e.